The van der Waals surface area contributed by atoms with Gasteiger partial charge in [-0.05, 0) is 52.4 Å². The van der Waals surface area contributed by atoms with E-state index >= 15 is 0 Å². The molecule has 0 aromatic heterocycles. The molecule has 82 valence electrons. The van der Waals surface area contributed by atoms with Gasteiger partial charge in [-0.25, -0.2) is 4.39 Å². The maximum absolute atomic E-state index is 13.2. The van der Waals surface area contributed by atoms with Crippen molar-refractivity contribution in [2.75, 3.05) is 0 Å². The van der Waals surface area contributed by atoms with E-state index in [1.807, 2.05) is 6.07 Å². The van der Waals surface area contributed by atoms with Crippen LogP contribution in [0.5, 0.6) is 0 Å². The highest BCUT2D eigenvalue weighted by Gasteiger charge is 2.10. The molecule has 0 amide bonds. The summed E-state index contributed by atoms with van der Waals surface area (Å²) in [6.07, 6.45) is 0. The summed E-state index contributed by atoms with van der Waals surface area (Å²) >= 11 is 14.2. The highest BCUT2D eigenvalue weighted by atomic mass is 127. The van der Waals surface area contributed by atoms with Crippen LogP contribution in [-0.2, 0) is 0 Å². The van der Waals surface area contributed by atoms with Crippen LogP contribution < -0.4 is 0 Å². The van der Waals surface area contributed by atoms with E-state index in [0.717, 1.165) is 14.7 Å². The van der Waals surface area contributed by atoms with E-state index in [2.05, 4.69) is 22.6 Å². The topological polar surface area (TPSA) is 0 Å². The van der Waals surface area contributed by atoms with Crippen molar-refractivity contribution in [1.29, 1.82) is 0 Å². The third-order valence-corrected chi connectivity index (χ3v) is 3.93. The van der Waals surface area contributed by atoms with Gasteiger partial charge in [0.05, 0.1) is 10.0 Å². The van der Waals surface area contributed by atoms with E-state index < -0.39 is 0 Å². The van der Waals surface area contributed by atoms with Crippen LogP contribution in [-0.4, -0.2) is 0 Å². The predicted molar refractivity (Wildman–Crippen MR) is 74.6 cm³/mol. The van der Waals surface area contributed by atoms with Gasteiger partial charge in [-0.3, -0.25) is 0 Å². The first kappa shape index (κ1) is 12.1. The van der Waals surface area contributed by atoms with E-state index in [1.165, 1.54) is 12.1 Å². The minimum atomic E-state index is -0.286. The van der Waals surface area contributed by atoms with Crippen molar-refractivity contribution in [3.05, 3.63) is 55.8 Å². The molecule has 0 unspecified atom stereocenters. The Balaban J connectivity index is 2.67. The van der Waals surface area contributed by atoms with Gasteiger partial charge in [0.15, 0.2) is 0 Å². The summed E-state index contributed by atoms with van der Waals surface area (Å²) in [6.45, 7) is 0. The zero-order valence-corrected chi connectivity index (χ0v) is 11.6. The van der Waals surface area contributed by atoms with Crippen LogP contribution in [0.15, 0.2) is 36.4 Å². The third-order valence-electron chi connectivity index (χ3n) is 2.17. The number of hydrogen-bond donors (Lipinski definition) is 0. The van der Waals surface area contributed by atoms with Crippen molar-refractivity contribution in [2.24, 2.45) is 0 Å². The minimum Gasteiger partial charge on any atom is -0.207 e. The first-order valence-corrected chi connectivity index (χ1v) is 6.32. The van der Waals surface area contributed by atoms with Crippen LogP contribution in [0.25, 0.3) is 11.1 Å². The quantitative estimate of drug-likeness (QED) is 0.592. The number of hydrogen-bond acceptors (Lipinski definition) is 0. The van der Waals surface area contributed by atoms with Gasteiger partial charge >= 0.3 is 0 Å². The van der Waals surface area contributed by atoms with Crippen LogP contribution in [0.2, 0.25) is 10.0 Å². The van der Waals surface area contributed by atoms with Gasteiger partial charge in [-0.2, -0.15) is 0 Å². The summed E-state index contributed by atoms with van der Waals surface area (Å²) < 4.78 is 14.1. The standard InChI is InChI=1S/C12H6Cl2FI/c13-10-3-1-2-8(12(10)14)9-6-7(15)4-5-11(9)16/h1-6H. The second-order valence-corrected chi connectivity index (χ2v) is 5.17. The molecule has 16 heavy (non-hydrogen) atoms. The molecule has 0 saturated heterocycles. The minimum absolute atomic E-state index is 0.286. The number of halogens is 4. The van der Waals surface area contributed by atoms with Crippen LogP contribution in [0.4, 0.5) is 4.39 Å². The molecule has 0 N–H and O–H groups in total. The third kappa shape index (κ3) is 2.34. The first-order valence-electron chi connectivity index (χ1n) is 4.49. The summed E-state index contributed by atoms with van der Waals surface area (Å²) in [6, 6.07) is 9.92. The predicted octanol–water partition coefficient (Wildman–Crippen LogP) is 5.40. The fourth-order valence-electron chi connectivity index (χ4n) is 1.42. The van der Waals surface area contributed by atoms with Crippen molar-refractivity contribution in [3.63, 3.8) is 0 Å². The molecule has 0 atom stereocenters. The fraction of sp³-hybridized carbons (Fsp3) is 0. The van der Waals surface area contributed by atoms with Gasteiger partial charge in [0, 0.05) is 9.13 Å². The molecule has 0 saturated carbocycles. The van der Waals surface area contributed by atoms with Gasteiger partial charge in [0.1, 0.15) is 5.82 Å². The van der Waals surface area contributed by atoms with Crippen LogP contribution in [0.1, 0.15) is 0 Å². The Morgan fingerprint density at radius 3 is 2.50 bits per heavy atom. The Labute approximate surface area is 117 Å². The van der Waals surface area contributed by atoms with Gasteiger partial charge in [0.25, 0.3) is 0 Å². The molecule has 0 heterocycles. The van der Waals surface area contributed by atoms with Gasteiger partial charge in [-0.1, -0.05) is 35.3 Å². The second kappa shape index (κ2) is 4.90. The molecule has 0 fully saturated rings. The Hall–Kier alpha value is -0.320. The molecular weight excluding hydrogens is 361 g/mol. The van der Waals surface area contributed by atoms with Crippen molar-refractivity contribution in [1.82, 2.24) is 0 Å². The number of benzene rings is 2. The SMILES string of the molecule is Fc1ccc(I)c(-c2cccc(Cl)c2Cl)c1. The first-order chi connectivity index (χ1) is 7.59. The summed E-state index contributed by atoms with van der Waals surface area (Å²) in [7, 11) is 0. The Kier molecular flexibility index (Phi) is 3.72. The Bertz CT molecular complexity index is 541. The van der Waals surface area contributed by atoms with E-state index in [9.17, 15) is 4.39 Å². The zero-order valence-electron chi connectivity index (χ0n) is 7.98. The van der Waals surface area contributed by atoms with Crippen molar-refractivity contribution >= 4 is 45.8 Å². The Morgan fingerprint density at radius 2 is 1.75 bits per heavy atom. The lowest BCUT2D eigenvalue weighted by molar-refractivity contribution is 0.628. The molecule has 0 radical (unpaired) electrons. The van der Waals surface area contributed by atoms with Crippen LogP contribution >= 0.6 is 45.8 Å². The molecule has 0 bridgehead atoms. The molecule has 4 heteroatoms. The summed E-state index contributed by atoms with van der Waals surface area (Å²) in [5, 5.41) is 0.923. The second-order valence-electron chi connectivity index (χ2n) is 3.23. The largest absolute Gasteiger partial charge is 0.207 e. The highest BCUT2D eigenvalue weighted by molar-refractivity contribution is 14.1. The van der Waals surface area contributed by atoms with E-state index in [1.54, 1.807) is 18.2 Å². The number of rotatable bonds is 1. The average Bonchev–Trinajstić information content (AvgIpc) is 2.26. The van der Waals surface area contributed by atoms with Crippen molar-refractivity contribution < 1.29 is 4.39 Å². The molecule has 0 nitrogen and oxygen atoms in total. The summed E-state index contributed by atoms with van der Waals surface area (Å²) in [4.78, 5) is 0. The molecule has 2 aromatic carbocycles. The smallest absolute Gasteiger partial charge is 0.123 e. The lowest BCUT2D eigenvalue weighted by Crippen LogP contribution is -1.86. The zero-order chi connectivity index (χ0) is 11.7. The molecular formula is C12H6Cl2FI. The molecule has 0 spiro atoms. The molecule has 2 rings (SSSR count). The normalized spacial score (nSPS) is 10.5. The summed E-state index contributed by atoms with van der Waals surface area (Å²) in [5.41, 5.74) is 1.51. The van der Waals surface area contributed by atoms with E-state index in [4.69, 9.17) is 23.2 Å². The monoisotopic (exact) mass is 366 g/mol. The lowest BCUT2D eigenvalue weighted by atomic mass is 10.1. The van der Waals surface area contributed by atoms with Crippen LogP contribution in [0.3, 0.4) is 0 Å². The van der Waals surface area contributed by atoms with E-state index in [0.29, 0.717) is 10.0 Å². The average molecular weight is 367 g/mol. The molecule has 2 aromatic rings. The molecule has 0 aliphatic carbocycles. The van der Waals surface area contributed by atoms with Gasteiger partial charge < -0.3 is 0 Å². The lowest BCUT2D eigenvalue weighted by Gasteiger charge is -2.08. The maximum Gasteiger partial charge on any atom is 0.123 e. The van der Waals surface area contributed by atoms with Gasteiger partial charge in [-0.15, -0.1) is 0 Å². The fourth-order valence-corrected chi connectivity index (χ4v) is 2.44. The molecule has 0 aliphatic heterocycles. The van der Waals surface area contributed by atoms with E-state index in [-0.39, 0.29) is 5.82 Å². The maximum atomic E-state index is 13.2. The highest BCUT2D eigenvalue weighted by Crippen LogP contribution is 2.35. The Morgan fingerprint density at radius 1 is 1.00 bits per heavy atom. The van der Waals surface area contributed by atoms with Gasteiger partial charge in [0.2, 0.25) is 0 Å². The van der Waals surface area contributed by atoms with Crippen LogP contribution in [0, 0.1) is 9.39 Å². The van der Waals surface area contributed by atoms with Crippen molar-refractivity contribution in [3.8, 4) is 11.1 Å². The molecule has 0 aliphatic rings. The van der Waals surface area contributed by atoms with Crippen molar-refractivity contribution in [2.45, 2.75) is 0 Å². The summed E-state index contributed by atoms with van der Waals surface area (Å²) in [5.74, 6) is -0.286.